The summed E-state index contributed by atoms with van der Waals surface area (Å²) >= 11 is 0. The zero-order chi connectivity index (χ0) is 8.39. The molecule has 0 aliphatic carbocycles. The average Bonchev–Trinajstić information content (AvgIpc) is 2.47. The van der Waals surface area contributed by atoms with E-state index in [0.717, 1.165) is 11.1 Å². The Morgan fingerprint density at radius 2 is 2.17 bits per heavy atom. The number of anilines is 1. The summed E-state index contributed by atoms with van der Waals surface area (Å²) in [5, 5.41) is 0. The molecule has 0 amide bonds. The van der Waals surface area contributed by atoms with E-state index in [4.69, 9.17) is 4.42 Å². The maximum absolute atomic E-state index is 5.32. The normalized spacial score (nSPS) is 10.4. The van der Waals surface area contributed by atoms with Crippen LogP contribution in [0.4, 0.5) is 6.01 Å². The summed E-state index contributed by atoms with van der Waals surface area (Å²) in [4.78, 5) is 4.16. The van der Waals surface area contributed by atoms with Crippen molar-refractivity contribution < 1.29 is 4.42 Å². The van der Waals surface area contributed by atoms with Gasteiger partial charge in [-0.3, -0.25) is 5.43 Å². The smallest absolute Gasteiger partial charge is 0.310 e. The molecule has 1 aromatic carbocycles. The number of hydrogen-bond donors (Lipinski definition) is 2. The number of fused-ring (bicyclic) bond motifs is 1. The molecule has 0 atom stereocenters. The van der Waals surface area contributed by atoms with E-state index in [1.807, 2.05) is 24.3 Å². The predicted octanol–water partition coefficient (Wildman–Crippen LogP) is 1.37. The molecule has 0 spiro atoms. The number of nitrogens with zero attached hydrogens (tertiary/aromatic N) is 1. The van der Waals surface area contributed by atoms with Crippen LogP contribution in [-0.4, -0.2) is 12.0 Å². The molecular weight excluding hydrogens is 154 g/mol. The van der Waals surface area contributed by atoms with Crippen LogP contribution in [0.15, 0.2) is 28.7 Å². The third kappa shape index (κ3) is 1.12. The number of oxazole rings is 1. The Morgan fingerprint density at radius 3 is 2.92 bits per heavy atom. The van der Waals surface area contributed by atoms with Gasteiger partial charge in [0.05, 0.1) is 0 Å². The summed E-state index contributed by atoms with van der Waals surface area (Å²) in [6.07, 6.45) is 0. The van der Waals surface area contributed by atoms with Crippen molar-refractivity contribution in [3.05, 3.63) is 24.3 Å². The average molecular weight is 163 g/mol. The van der Waals surface area contributed by atoms with Gasteiger partial charge in [0.1, 0.15) is 5.52 Å². The van der Waals surface area contributed by atoms with Crippen LogP contribution in [-0.2, 0) is 0 Å². The van der Waals surface area contributed by atoms with Crippen molar-refractivity contribution in [1.82, 2.24) is 10.4 Å². The molecule has 62 valence electrons. The fourth-order valence-corrected chi connectivity index (χ4v) is 1.03. The van der Waals surface area contributed by atoms with Gasteiger partial charge in [0.15, 0.2) is 5.58 Å². The van der Waals surface area contributed by atoms with Gasteiger partial charge < -0.3 is 4.42 Å². The first kappa shape index (κ1) is 7.12. The van der Waals surface area contributed by atoms with Crippen LogP contribution in [0.3, 0.4) is 0 Å². The Bertz CT molecular complexity index is 349. The molecule has 0 fully saturated rings. The van der Waals surface area contributed by atoms with E-state index in [-0.39, 0.29) is 0 Å². The first-order chi connectivity index (χ1) is 5.90. The minimum atomic E-state index is 0.485. The van der Waals surface area contributed by atoms with Crippen molar-refractivity contribution in [3.8, 4) is 0 Å². The van der Waals surface area contributed by atoms with Crippen LogP contribution in [0.1, 0.15) is 0 Å². The number of nitrogens with one attached hydrogen (secondary N) is 2. The molecule has 0 saturated heterocycles. The molecule has 1 heterocycles. The van der Waals surface area contributed by atoms with Crippen molar-refractivity contribution >= 4 is 17.1 Å². The molecule has 0 radical (unpaired) electrons. The van der Waals surface area contributed by atoms with Crippen LogP contribution in [0, 0.1) is 0 Å². The van der Waals surface area contributed by atoms with Crippen LogP contribution < -0.4 is 10.9 Å². The number of hydrogen-bond acceptors (Lipinski definition) is 4. The SMILES string of the molecule is CNNc1nc2ccccc2o1. The molecular formula is C8H9N3O. The molecule has 4 nitrogen and oxygen atoms in total. The van der Waals surface area contributed by atoms with E-state index >= 15 is 0 Å². The molecule has 0 bridgehead atoms. The predicted molar refractivity (Wildman–Crippen MR) is 46.7 cm³/mol. The number of benzene rings is 1. The largest absolute Gasteiger partial charge is 0.423 e. The van der Waals surface area contributed by atoms with Crippen LogP contribution in [0.2, 0.25) is 0 Å². The zero-order valence-corrected chi connectivity index (χ0v) is 6.66. The van der Waals surface area contributed by atoms with E-state index in [2.05, 4.69) is 15.8 Å². The van der Waals surface area contributed by atoms with E-state index < -0.39 is 0 Å². The van der Waals surface area contributed by atoms with E-state index in [1.54, 1.807) is 7.05 Å². The minimum absolute atomic E-state index is 0.485. The van der Waals surface area contributed by atoms with Gasteiger partial charge in [0.2, 0.25) is 0 Å². The lowest BCUT2D eigenvalue weighted by Gasteiger charge is -1.93. The third-order valence-corrected chi connectivity index (χ3v) is 1.53. The van der Waals surface area contributed by atoms with Crippen molar-refractivity contribution in [2.24, 2.45) is 0 Å². The monoisotopic (exact) mass is 163 g/mol. The van der Waals surface area contributed by atoms with Gasteiger partial charge in [-0.1, -0.05) is 12.1 Å². The molecule has 4 heteroatoms. The Morgan fingerprint density at radius 1 is 1.33 bits per heavy atom. The summed E-state index contributed by atoms with van der Waals surface area (Å²) in [5.41, 5.74) is 7.15. The first-order valence-electron chi connectivity index (χ1n) is 3.68. The van der Waals surface area contributed by atoms with Gasteiger partial charge in [-0.15, -0.1) is 0 Å². The lowest BCUT2D eigenvalue weighted by atomic mass is 10.3. The fraction of sp³-hybridized carbons (Fsp3) is 0.125. The van der Waals surface area contributed by atoms with Gasteiger partial charge in [-0.25, -0.2) is 5.43 Å². The second-order valence-corrected chi connectivity index (χ2v) is 2.36. The van der Waals surface area contributed by atoms with E-state index in [0.29, 0.717) is 6.01 Å². The number of rotatable bonds is 2. The van der Waals surface area contributed by atoms with Crippen molar-refractivity contribution in [1.29, 1.82) is 0 Å². The molecule has 12 heavy (non-hydrogen) atoms. The zero-order valence-electron chi connectivity index (χ0n) is 6.66. The molecule has 1 aromatic heterocycles. The Hall–Kier alpha value is -1.55. The summed E-state index contributed by atoms with van der Waals surface area (Å²) in [6, 6.07) is 8.10. The third-order valence-electron chi connectivity index (χ3n) is 1.53. The summed E-state index contributed by atoms with van der Waals surface area (Å²) in [6.45, 7) is 0. The van der Waals surface area contributed by atoms with Crippen molar-refractivity contribution in [3.63, 3.8) is 0 Å². The topological polar surface area (TPSA) is 50.1 Å². The molecule has 2 rings (SSSR count). The summed E-state index contributed by atoms with van der Waals surface area (Å²) < 4.78 is 5.32. The number of para-hydroxylation sites is 2. The van der Waals surface area contributed by atoms with Gasteiger partial charge in [0, 0.05) is 7.05 Å². The highest BCUT2D eigenvalue weighted by Gasteiger charge is 2.01. The number of hydrazine groups is 1. The van der Waals surface area contributed by atoms with Crippen LogP contribution in [0.25, 0.3) is 11.1 Å². The highest BCUT2D eigenvalue weighted by atomic mass is 16.4. The number of aromatic nitrogens is 1. The molecule has 0 unspecified atom stereocenters. The maximum Gasteiger partial charge on any atom is 0.310 e. The minimum Gasteiger partial charge on any atom is -0.423 e. The molecule has 2 N–H and O–H groups in total. The van der Waals surface area contributed by atoms with Crippen LogP contribution >= 0.6 is 0 Å². The summed E-state index contributed by atoms with van der Waals surface area (Å²) in [7, 11) is 1.76. The quantitative estimate of drug-likeness (QED) is 0.656. The highest BCUT2D eigenvalue weighted by molar-refractivity contribution is 5.73. The Labute approximate surface area is 69.6 Å². The van der Waals surface area contributed by atoms with Gasteiger partial charge in [-0.2, -0.15) is 4.98 Å². The van der Waals surface area contributed by atoms with E-state index in [9.17, 15) is 0 Å². The van der Waals surface area contributed by atoms with Crippen molar-refractivity contribution in [2.45, 2.75) is 0 Å². The van der Waals surface area contributed by atoms with Gasteiger partial charge in [0.25, 0.3) is 0 Å². The van der Waals surface area contributed by atoms with E-state index in [1.165, 1.54) is 0 Å². The first-order valence-corrected chi connectivity index (χ1v) is 3.68. The Kier molecular flexibility index (Phi) is 1.68. The lowest BCUT2D eigenvalue weighted by molar-refractivity contribution is 0.606. The molecule has 0 saturated carbocycles. The second-order valence-electron chi connectivity index (χ2n) is 2.36. The van der Waals surface area contributed by atoms with Crippen molar-refractivity contribution in [2.75, 3.05) is 12.5 Å². The molecule has 0 aliphatic heterocycles. The summed E-state index contributed by atoms with van der Waals surface area (Å²) in [5.74, 6) is 0. The van der Waals surface area contributed by atoms with Gasteiger partial charge in [-0.05, 0) is 12.1 Å². The fourth-order valence-electron chi connectivity index (χ4n) is 1.03. The molecule has 2 aromatic rings. The maximum atomic E-state index is 5.32. The van der Waals surface area contributed by atoms with Crippen LogP contribution in [0.5, 0.6) is 0 Å². The van der Waals surface area contributed by atoms with Gasteiger partial charge >= 0.3 is 6.01 Å². The second kappa shape index (κ2) is 2.83. The standard InChI is InChI=1S/C8H9N3O/c1-9-11-8-10-6-4-2-3-5-7(6)12-8/h2-5,9H,1H3,(H,10,11). The Balaban J connectivity index is 2.47. The molecule has 0 aliphatic rings. The highest BCUT2D eigenvalue weighted by Crippen LogP contribution is 2.16. The lowest BCUT2D eigenvalue weighted by Crippen LogP contribution is -2.14.